The Kier molecular flexibility index (Phi) is 49.4. The van der Waals surface area contributed by atoms with Crippen molar-refractivity contribution < 1.29 is 140 Å². The zero-order chi connectivity index (χ0) is 38.6. The molecule has 18 nitrogen and oxygen atoms in total. The molecule has 8 N–H and O–H groups in total. The number of hydrogen-bond acceptors (Lipinski definition) is 12. The summed E-state index contributed by atoms with van der Waals surface area (Å²) in [6.07, 6.45) is 1.45. The first-order chi connectivity index (χ1) is 21.2. The zero-order valence-electron chi connectivity index (χ0n) is 28.3. The van der Waals surface area contributed by atoms with Crippen molar-refractivity contribution in [2.24, 2.45) is 23.7 Å². The number of carboxylic acids is 6. The van der Waals surface area contributed by atoms with Crippen molar-refractivity contribution in [1.29, 1.82) is 0 Å². The van der Waals surface area contributed by atoms with Gasteiger partial charge in [-0.15, -0.1) is 0 Å². The molecule has 0 bridgehead atoms. The van der Waals surface area contributed by atoms with Gasteiger partial charge in [-0.1, -0.05) is 27.0 Å². The van der Waals surface area contributed by atoms with Crippen LogP contribution in [0, 0.1) is 23.7 Å². The fraction of sp³-hybridized carbons (Fsp3) is 0.517. The van der Waals surface area contributed by atoms with Crippen LogP contribution in [0.5, 0.6) is 0 Å². The Balaban J connectivity index is -0.0000000778. The van der Waals surface area contributed by atoms with Gasteiger partial charge in [0, 0.05) is 78.1 Å². The first-order valence-electron chi connectivity index (χ1n) is 13.3. The van der Waals surface area contributed by atoms with Gasteiger partial charge in [-0.25, -0.2) is 4.79 Å². The minimum atomic E-state index is -1.20. The molecule has 0 aliphatic rings. The molecule has 6 unspecified atom stereocenters. The summed E-state index contributed by atoms with van der Waals surface area (Å²) >= 11 is 0. The average molecular weight is 847 g/mol. The minimum Gasteiger partial charge on any atom is -0.509 e. The van der Waals surface area contributed by atoms with E-state index in [0.29, 0.717) is 0 Å². The number of carbonyl (C=O) groups is 8. The Morgan fingerprint density at radius 1 is 0.620 bits per heavy atom. The summed E-state index contributed by atoms with van der Waals surface area (Å²) in [5.74, 6) is -11.8. The van der Waals surface area contributed by atoms with E-state index in [2.05, 4.69) is 17.9 Å². The third kappa shape index (κ3) is 51.1. The Morgan fingerprint density at radius 3 is 1.12 bits per heavy atom. The molecule has 0 saturated heterocycles. The summed E-state index contributed by atoms with van der Waals surface area (Å²) in [4.78, 5) is 81.7. The van der Waals surface area contributed by atoms with Crippen LogP contribution < -0.4 is 0 Å². The Bertz CT molecular complexity index is 1070. The molecule has 0 rings (SSSR count). The van der Waals surface area contributed by atoms with E-state index in [1.54, 1.807) is 0 Å². The molecular weight excluding hydrogens is 801 g/mol. The summed E-state index contributed by atoms with van der Waals surface area (Å²) in [5, 5.41) is 67.4. The van der Waals surface area contributed by atoms with Crippen LogP contribution in [0.4, 0.5) is 0 Å². The standard InChI is InChI=1S/C10H16O6.C8H14O5.C5H6O3.C4H6O2.C2H4O2.3Mn/c1-5(16-7(3)11)4-8(10(14)15)6(2)9(12)13;1-4(9)3-6(8(12)13)5(2)7(10)11;1-4(6)2-3-5(7)8;1-3-6-4(2)5;1-2(3)4;;;/h5-6,8H,4H2,1-3H3,(H,12,13)(H,14,15);4-6,9H,3H2,1-2H3,(H,10,11)(H,12,13);2-3,6H,1H2,(H,7,8);3H,1H2,2H3;1H3,(H,3,4);;;. The van der Waals surface area contributed by atoms with Gasteiger partial charge < -0.3 is 50.3 Å². The van der Waals surface area contributed by atoms with Crippen LogP contribution in [-0.4, -0.2) is 101 Å². The van der Waals surface area contributed by atoms with Crippen LogP contribution in [0.15, 0.2) is 37.3 Å². The summed E-state index contributed by atoms with van der Waals surface area (Å²) < 4.78 is 8.93. The van der Waals surface area contributed by atoms with Gasteiger partial charge in [0.15, 0.2) is 0 Å². The van der Waals surface area contributed by atoms with Crippen molar-refractivity contribution in [2.45, 2.75) is 73.5 Å². The number of ether oxygens (including phenoxy) is 2. The van der Waals surface area contributed by atoms with Gasteiger partial charge in [0.05, 0.1) is 42.1 Å². The second kappa shape index (κ2) is 38.1. The molecule has 0 heterocycles. The van der Waals surface area contributed by atoms with Crippen molar-refractivity contribution in [3.8, 4) is 0 Å². The fourth-order valence-electron chi connectivity index (χ4n) is 2.72. The number of aliphatic hydroxyl groups is 2. The molecule has 0 aromatic rings. The molecule has 0 amide bonds. The molecule has 50 heavy (non-hydrogen) atoms. The van der Waals surface area contributed by atoms with Crippen LogP contribution in [0.25, 0.3) is 0 Å². The fourth-order valence-corrected chi connectivity index (χ4v) is 2.72. The van der Waals surface area contributed by atoms with Crippen LogP contribution >= 0.6 is 0 Å². The van der Waals surface area contributed by atoms with Crippen molar-refractivity contribution in [1.82, 2.24) is 0 Å². The van der Waals surface area contributed by atoms with E-state index in [9.17, 15) is 33.6 Å². The monoisotopic (exact) mass is 847 g/mol. The summed E-state index contributed by atoms with van der Waals surface area (Å²) in [5.41, 5.74) is 0. The molecular formula is C29H46Mn3O18. The van der Waals surface area contributed by atoms with Gasteiger partial charge >= 0.3 is 41.8 Å². The molecule has 0 aromatic heterocycles. The number of carboxylic acid groups (broad SMARTS) is 6. The first kappa shape index (κ1) is 64.8. The zero-order valence-corrected chi connectivity index (χ0v) is 31.9. The normalized spacial score (nSPS) is 12.5. The third-order valence-corrected chi connectivity index (χ3v) is 4.84. The molecule has 0 fully saturated rings. The maximum atomic E-state index is 10.9. The van der Waals surface area contributed by atoms with E-state index < -0.39 is 77.7 Å². The van der Waals surface area contributed by atoms with E-state index in [0.717, 1.165) is 25.3 Å². The van der Waals surface area contributed by atoms with Crippen molar-refractivity contribution >= 4 is 47.8 Å². The number of rotatable bonds is 14. The SMILES string of the molecule is C=C(O)C=CC(=O)O.C=COC(C)=O.CC(=O)O.CC(=O)OC(C)CC(C(=O)O)C(C)C(=O)O.CC(O)CC(C(=O)O)C(C)C(=O)O.[Mn].[Mn].[Mn]. The van der Waals surface area contributed by atoms with Gasteiger partial charge in [0.1, 0.15) is 5.76 Å². The summed E-state index contributed by atoms with van der Waals surface area (Å²) in [7, 11) is 0. The average Bonchev–Trinajstić information content (AvgIpc) is 2.88. The Labute approximate surface area is 321 Å². The van der Waals surface area contributed by atoms with E-state index in [4.69, 9.17) is 50.4 Å². The summed E-state index contributed by atoms with van der Waals surface area (Å²) in [6, 6.07) is 0. The number of aliphatic hydroxyl groups excluding tert-OH is 2. The molecule has 0 aliphatic heterocycles. The maximum absolute atomic E-state index is 10.9. The van der Waals surface area contributed by atoms with Crippen LogP contribution in [0.1, 0.15) is 61.3 Å². The van der Waals surface area contributed by atoms with Crippen molar-refractivity contribution in [2.75, 3.05) is 0 Å². The molecule has 291 valence electrons. The van der Waals surface area contributed by atoms with E-state index >= 15 is 0 Å². The molecule has 0 aromatic carbocycles. The van der Waals surface area contributed by atoms with Gasteiger partial charge in [-0.3, -0.25) is 33.6 Å². The van der Waals surface area contributed by atoms with E-state index in [-0.39, 0.29) is 75.8 Å². The summed E-state index contributed by atoms with van der Waals surface area (Å²) in [6.45, 7) is 15.4. The number of hydrogen-bond donors (Lipinski definition) is 8. The largest absolute Gasteiger partial charge is 0.509 e. The van der Waals surface area contributed by atoms with Gasteiger partial charge in [-0.2, -0.15) is 0 Å². The molecule has 21 heteroatoms. The van der Waals surface area contributed by atoms with Gasteiger partial charge in [0.2, 0.25) is 0 Å². The molecule has 3 radical (unpaired) electrons. The van der Waals surface area contributed by atoms with Crippen molar-refractivity contribution in [3.63, 3.8) is 0 Å². The number of carbonyl (C=O) groups excluding carboxylic acids is 2. The molecule has 6 atom stereocenters. The molecule has 0 saturated carbocycles. The first-order valence-corrected chi connectivity index (χ1v) is 13.3. The predicted molar refractivity (Wildman–Crippen MR) is 162 cm³/mol. The number of aliphatic carboxylic acids is 6. The van der Waals surface area contributed by atoms with Gasteiger partial charge in [-0.05, 0) is 32.8 Å². The van der Waals surface area contributed by atoms with E-state index in [1.807, 2.05) is 0 Å². The van der Waals surface area contributed by atoms with E-state index in [1.165, 1.54) is 41.5 Å². The Hall–Kier alpha value is -3.70. The number of esters is 2. The second-order valence-corrected chi connectivity index (χ2v) is 9.34. The molecule has 0 aliphatic carbocycles. The van der Waals surface area contributed by atoms with Crippen molar-refractivity contribution in [3.05, 3.63) is 37.3 Å². The quantitative estimate of drug-likeness (QED) is 0.0409. The smallest absolute Gasteiger partial charge is 0.328 e. The molecule has 0 spiro atoms. The maximum Gasteiger partial charge on any atom is 0.328 e. The van der Waals surface area contributed by atoms with Crippen LogP contribution in [0.2, 0.25) is 0 Å². The predicted octanol–water partition coefficient (Wildman–Crippen LogP) is 2.40. The second-order valence-electron chi connectivity index (χ2n) is 9.34. The van der Waals surface area contributed by atoms with Crippen LogP contribution in [-0.2, 0) is 99.0 Å². The third-order valence-electron chi connectivity index (χ3n) is 4.84. The number of allylic oxidation sites excluding steroid dienone is 1. The van der Waals surface area contributed by atoms with Gasteiger partial charge in [0.25, 0.3) is 5.97 Å². The minimum absolute atomic E-state index is 0. The van der Waals surface area contributed by atoms with Crippen LogP contribution in [0.3, 0.4) is 0 Å². The Morgan fingerprint density at radius 2 is 0.960 bits per heavy atom. The topological polar surface area (TPSA) is 317 Å².